The van der Waals surface area contributed by atoms with Crippen LogP contribution in [0.2, 0.25) is 0 Å². The van der Waals surface area contributed by atoms with E-state index >= 15 is 0 Å². The smallest absolute Gasteiger partial charge is 0.313 e. The molecule has 0 spiro atoms. The second kappa shape index (κ2) is 7.17. The molecule has 0 bridgehead atoms. The molecule has 1 aromatic carbocycles. The standard InChI is InChI=1S/C23H28N4O2/c1-7-15(6)26-12-18(29-23(28)14(4)5)19-21(26)25-20(13(2)3)27-17-11-9-8-10-16(17)24-22(19)27/h8-15H,7H2,1-6H3/t15-/m0/s1. The fourth-order valence-electron chi connectivity index (χ4n) is 3.62. The predicted octanol–water partition coefficient (Wildman–Crippen LogP) is 5.49. The van der Waals surface area contributed by atoms with Crippen molar-refractivity contribution in [3.63, 3.8) is 0 Å². The highest BCUT2D eigenvalue weighted by atomic mass is 16.5. The molecule has 4 aromatic rings. The third-order valence-corrected chi connectivity index (χ3v) is 5.47. The number of fused-ring (bicyclic) bond motifs is 5. The normalized spacial score (nSPS) is 13.2. The molecule has 0 amide bonds. The minimum absolute atomic E-state index is 0.210. The Balaban J connectivity index is 2.15. The Labute approximate surface area is 170 Å². The fourth-order valence-corrected chi connectivity index (χ4v) is 3.62. The molecule has 0 aliphatic rings. The summed E-state index contributed by atoms with van der Waals surface area (Å²) in [4.78, 5) is 22.4. The van der Waals surface area contributed by atoms with E-state index in [2.05, 4.69) is 42.7 Å². The van der Waals surface area contributed by atoms with Crippen molar-refractivity contribution in [2.45, 2.75) is 59.9 Å². The molecule has 0 aliphatic carbocycles. The Bertz CT molecular complexity index is 1220. The number of hydrogen-bond acceptors (Lipinski definition) is 4. The molecule has 3 heterocycles. The van der Waals surface area contributed by atoms with E-state index in [4.69, 9.17) is 14.7 Å². The van der Waals surface area contributed by atoms with Crippen LogP contribution in [0.25, 0.3) is 27.7 Å². The maximum Gasteiger partial charge on any atom is 0.313 e. The van der Waals surface area contributed by atoms with Gasteiger partial charge in [-0.05, 0) is 25.5 Å². The Morgan fingerprint density at radius 3 is 2.45 bits per heavy atom. The first kappa shape index (κ1) is 19.4. The summed E-state index contributed by atoms with van der Waals surface area (Å²) in [7, 11) is 0. The number of carbonyl (C=O) groups excluding carboxylic acids is 1. The third kappa shape index (κ3) is 3.07. The second-order valence-corrected chi connectivity index (χ2v) is 8.32. The van der Waals surface area contributed by atoms with Crippen LogP contribution in [0.1, 0.15) is 65.7 Å². The van der Waals surface area contributed by atoms with Crippen LogP contribution in [0, 0.1) is 5.92 Å². The van der Waals surface area contributed by atoms with Crippen LogP contribution in [0.4, 0.5) is 0 Å². The number of imidazole rings is 1. The van der Waals surface area contributed by atoms with Crippen molar-refractivity contribution in [2.24, 2.45) is 5.92 Å². The molecular formula is C23H28N4O2. The van der Waals surface area contributed by atoms with E-state index in [0.717, 1.165) is 40.0 Å². The van der Waals surface area contributed by atoms with Crippen LogP contribution in [0.3, 0.4) is 0 Å². The number of rotatable bonds is 5. The molecule has 152 valence electrons. The van der Waals surface area contributed by atoms with Crippen LogP contribution in [-0.4, -0.2) is 24.9 Å². The van der Waals surface area contributed by atoms with Gasteiger partial charge in [0.15, 0.2) is 11.4 Å². The van der Waals surface area contributed by atoms with Crippen molar-refractivity contribution < 1.29 is 9.53 Å². The van der Waals surface area contributed by atoms with E-state index in [1.165, 1.54) is 0 Å². The van der Waals surface area contributed by atoms with Gasteiger partial charge in [-0.2, -0.15) is 0 Å². The number of para-hydroxylation sites is 2. The Morgan fingerprint density at radius 1 is 1.07 bits per heavy atom. The lowest BCUT2D eigenvalue weighted by atomic mass is 10.2. The molecule has 1 atom stereocenters. The number of hydrogen-bond donors (Lipinski definition) is 0. The molecular weight excluding hydrogens is 364 g/mol. The summed E-state index contributed by atoms with van der Waals surface area (Å²) in [6, 6.07) is 8.28. The van der Waals surface area contributed by atoms with Gasteiger partial charge in [0, 0.05) is 18.2 Å². The summed E-state index contributed by atoms with van der Waals surface area (Å²) in [5.74, 6) is 1.22. The SMILES string of the molecule is CC[C@H](C)n1cc(OC(=O)C(C)C)c2c1nc(C(C)C)n1c3ccccc3nc21. The monoisotopic (exact) mass is 392 g/mol. The van der Waals surface area contributed by atoms with Crippen LogP contribution in [0.15, 0.2) is 30.5 Å². The van der Waals surface area contributed by atoms with Crippen molar-refractivity contribution in [1.82, 2.24) is 18.9 Å². The first-order chi connectivity index (χ1) is 13.8. The highest BCUT2D eigenvalue weighted by Gasteiger charge is 2.25. The lowest BCUT2D eigenvalue weighted by Crippen LogP contribution is -2.14. The van der Waals surface area contributed by atoms with Crippen molar-refractivity contribution in [3.8, 4) is 5.75 Å². The summed E-state index contributed by atoms with van der Waals surface area (Å²) < 4.78 is 10.0. The molecule has 0 radical (unpaired) electrons. The number of benzene rings is 1. The van der Waals surface area contributed by atoms with E-state index in [1.807, 2.05) is 38.2 Å². The zero-order valence-corrected chi connectivity index (χ0v) is 17.9. The van der Waals surface area contributed by atoms with Crippen molar-refractivity contribution >= 4 is 33.7 Å². The van der Waals surface area contributed by atoms with Gasteiger partial charge >= 0.3 is 5.97 Å². The first-order valence-electron chi connectivity index (χ1n) is 10.4. The molecule has 0 saturated heterocycles. The van der Waals surface area contributed by atoms with Crippen molar-refractivity contribution in [3.05, 3.63) is 36.3 Å². The topological polar surface area (TPSA) is 61.4 Å². The molecule has 0 saturated carbocycles. The van der Waals surface area contributed by atoms with Crippen LogP contribution < -0.4 is 4.74 Å². The van der Waals surface area contributed by atoms with Crippen molar-refractivity contribution in [1.29, 1.82) is 0 Å². The molecule has 0 unspecified atom stereocenters. The van der Waals surface area contributed by atoms with Gasteiger partial charge in [0.2, 0.25) is 0 Å². The molecule has 0 N–H and O–H groups in total. The Kier molecular flexibility index (Phi) is 4.81. The average molecular weight is 393 g/mol. The van der Waals surface area contributed by atoms with E-state index in [-0.39, 0.29) is 23.8 Å². The number of ether oxygens (including phenoxy) is 1. The van der Waals surface area contributed by atoms with E-state index < -0.39 is 0 Å². The van der Waals surface area contributed by atoms with E-state index in [1.54, 1.807) is 0 Å². The predicted molar refractivity (Wildman–Crippen MR) is 116 cm³/mol. The highest BCUT2D eigenvalue weighted by Crippen LogP contribution is 2.36. The van der Waals surface area contributed by atoms with Gasteiger partial charge in [-0.1, -0.05) is 46.8 Å². The summed E-state index contributed by atoms with van der Waals surface area (Å²) in [6.45, 7) is 12.2. The second-order valence-electron chi connectivity index (χ2n) is 8.32. The quantitative estimate of drug-likeness (QED) is 0.421. The summed E-state index contributed by atoms with van der Waals surface area (Å²) in [6.07, 6.45) is 2.86. The van der Waals surface area contributed by atoms with Crippen LogP contribution in [-0.2, 0) is 4.79 Å². The number of esters is 1. The lowest BCUT2D eigenvalue weighted by molar-refractivity contribution is -0.137. The van der Waals surface area contributed by atoms with Gasteiger partial charge in [0.05, 0.1) is 17.0 Å². The fraction of sp³-hybridized carbons (Fsp3) is 0.435. The molecule has 6 heteroatoms. The minimum atomic E-state index is -0.254. The largest absolute Gasteiger partial charge is 0.424 e. The zero-order chi connectivity index (χ0) is 20.9. The van der Waals surface area contributed by atoms with Crippen molar-refractivity contribution in [2.75, 3.05) is 0 Å². The van der Waals surface area contributed by atoms with Gasteiger partial charge in [0.25, 0.3) is 0 Å². The van der Waals surface area contributed by atoms with Gasteiger partial charge in [0.1, 0.15) is 16.9 Å². The van der Waals surface area contributed by atoms with Gasteiger partial charge in [-0.15, -0.1) is 0 Å². The average Bonchev–Trinajstić information content (AvgIpc) is 3.25. The maximum atomic E-state index is 12.4. The van der Waals surface area contributed by atoms with Crippen LogP contribution in [0.5, 0.6) is 5.75 Å². The Morgan fingerprint density at radius 2 is 1.79 bits per heavy atom. The third-order valence-electron chi connectivity index (χ3n) is 5.47. The minimum Gasteiger partial charge on any atom is -0.424 e. The molecule has 0 aliphatic heterocycles. The lowest BCUT2D eigenvalue weighted by Gasteiger charge is -2.14. The molecule has 29 heavy (non-hydrogen) atoms. The number of nitrogens with zero attached hydrogens (tertiary/aromatic N) is 4. The summed E-state index contributed by atoms with van der Waals surface area (Å²) >= 11 is 0. The molecule has 0 fully saturated rings. The molecule has 4 rings (SSSR count). The Hall–Kier alpha value is -2.89. The number of aromatic nitrogens is 4. The van der Waals surface area contributed by atoms with Gasteiger partial charge in [-0.3, -0.25) is 9.20 Å². The first-order valence-corrected chi connectivity index (χ1v) is 10.4. The summed E-state index contributed by atoms with van der Waals surface area (Å²) in [5.41, 5.74) is 3.52. The van der Waals surface area contributed by atoms with Gasteiger partial charge in [-0.25, -0.2) is 9.97 Å². The number of carbonyl (C=O) groups is 1. The van der Waals surface area contributed by atoms with Gasteiger partial charge < -0.3 is 9.30 Å². The maximum absolute atomic E-state index is 12.4. The van der Waals surface area contributed by atoms with Crippen LogP contribution >= 0.6 is 0 Å². The summed E-state index contributed by atoms with van der Waals surface area (Å²) in [5, 5.41) is 0.792. The molecule has 3 aromatic heterocycles. The molecule has 6 nitrogen and oxygen atoms in total. The zero-order valence-electron chi connectivity index (χ0n) is 17.9. The van der Waals surface area contributed by atoms with E-state index in [0.29, 0.717) is 5.75 Å². The van der Waals surface area contributed by atoms with E-state index in [9.17, 15) is 4.79 Å². The highest BCUT2D eigenvalue weighted by molar-refractivity contribution is 6.01.